The second-order valence-electron chi connectivity index (χ2n) is 9.05. The van der Waals surface area contributed by atoms with Gasteiger partial charge in [0.1, 0.15) is 0 Å². The van der Waals surface area contributed by atoms with Gasteiger partial charge in [-0.2, -0.15) is 0 Å². The molecule has 0 atom stereocenters. The monoisotopic (exact) mass is 463 g/mol. The Morgan fingerprint density at radius 1 is 0.970 bits per heavy atom. The molecule has 3 heterocycles. The number of carbonyl (C=O) groups is 1. The average Bonchev–Trinajstić information content (AvgIpc) is 3.32. The second-order valence-corrected chi connectivity index (χ2v) is 9.42. The predicted octanol–water partition coefficient (Wildman–Crippen LogP) is 4.45. The zero-order valence-corrected chi connectivity index (χ0v) is 19.2. The number of pyridine rings is 1. The van der Waals surface area contributed by atoms with E-state index in [4.69, 9.17) is 26.1 Å². The van der Waals surface area contributed by atoms with Gasteiger partial charge in [0.15, 0.2) is 11.5 Å². The summed E-state index contributed by atoms with van der Waals surface area (Å²) >= 11 is 6.70. The van der Waals surface area contributed by atoms with Crippen molar-refractivity contribution in [1.82, 2.24) is 14.8 Å². The highest BCUT2D eigenvalue weighted by atomic mass is 35.5. The first-order valence-corrected chi connectivity index (χ1v) is 12.0. The fraction of sp³-hybridized carbons (Fsp3) is 0.385. The molecule has 3 aliphatic rings. The third kappa shape index (κ3) is 3.91. The molecule has 1 fully saturated rings. The summed E-state index contributed by atoms with van der Waals surface area (Å²) in [5.74, 6) is 1.68. The van der Waals surface area contributed by atoms with Gasteiger partial charge in [-0.3, -0.25) is 14.7 Å². The minimum absolute atomic E-state index is 0.0651. The minimum Gasteiger partial charge on any atom is -0.454 e. The van der Waals surface area contributed by atoms with Crippen molar-refractivity contribution in [3.8, 4) is 11.5 Å². The number of piperazine rings is 1. The lowest BCUT2D eigenvalue weighted by Gasteiger charge is -2.34. The minimum atomic E-state index is 0.0651. The van der Waals surface area contributed by atoms with E-state index >= 15 is 0 Å². The molecule has 1 aliphatic carbocycles. The maximum Gasteiger partial charge on any atom is 0.254 e. The number of aryl methyl sites for hydroxylation is 1. The van der Waals surface area contributed by atoms with Gasteiger partial charge in [0, 0.05) is 49.4 Å². The van der Waals surface area contributed by atoms with Crippen LogP contribution in [-0.2, 0) is 19.4 Å². The molecule has 1 amide bonds. The Hall–Kier alpha value is -2.83. The Labute approximate surface area is 198 Å². The highest BCUT2D eigenvalue weighted by Crippen LogP contribution is 2.34. The Balaban J connectivity index is 1.14. The molecular weight excluding hydrogens is 438 g/mol. The van der Waals surface area contributed by atoms with Gasteiger partial charge in [0.25, 0.3) is 5.91 Å². The summed E-state index contributed by atoms with van der Waals surface area (Å²) in [7, 11) is 0. The molecule has 0 saturated carbocycles. The highest BCUT2D eigenvalue weighted by molar-refractivity contribution is 6.36. The van der Waals surface area contributed by atoms with Crippen molar-refractivity contribution in [3.05, 3.63) is 63.8 Å². The van der Waals surface area contributed by atoms with Crippen LogP contribution in [0.2, 0.25) is 5.02 Å². The van der Waals surface area contributed by atoms with Crippen LogP contribution in [0, 0.1) is 0 Å². The summed E-state index contributed by atoms with van der Waals surface area (Å²) in [6.45, 7) is 4.22. The SMILES string of the molecule is O=C(c1ccc2c(Cl)c3c(nc2c1)CCCC3)N1CCN(Cc2ccc3c(c2)OCO3)CC1. The number of amides is 1. The molecule has 6 nitrogen and oxygen atoms in total. The van der Waals surface area contributed by atoms with Crippen molar-refractivity contribution in [2.24, 2.45) is 0 Å². The molecule has 170 valence electrons. The van der Waals surface area contributed by atoms with Crippen LogP contribution in [0.1, 0.15) is 40.0 Å². The van der Waals surface area contributed by atoms with Gasteiger partial charge in [-0.05, 0) is 61.1 Å². The number of hydrogen-bond donors (Lipinski definition) is 0. The zero-order valence-electron chi connectivity index (χ0n) is 18.5. The highest BCUT2D eigenvalue weighted by Gasteiger charge is 2.24. The summed E-state index contributed by atoms with van der Waals surface area (Å²) in [5, 5.41) is 1.76. The molecule has 0 spiro atoms. The number of ether oxygens (including phenoxy) is 2. The Morgan fingerprint density at radius 3 is 2.67 bits per heavy atom. The van der Waals surface area contributed by atoms with E-state index in [-0.39, 0.29) is 5.91 Å². The van der Waals surface area contributed by atoms with Crippen molar-refractivity contribution in [2.75, 3.05) is 33.0 Å². The van der Waals surface area contributed by atoms with Gasteiger partial charge in [-0.15, -0.1) is 0 Å². The molecule has 3 aromatic rings. The number of nitrogens with zero attached hydrogens (tertiary/aromatic N) is 3. The average molecular weight is 464 g/mol. The number of hydrogen-bond acceptors (Lipinski definition) is 5. The lowest BCUT2D eigenvalue weighted by molar-refractivity contribution is 0.0628. The molecule has 1 saturated heterocycles. The van der Waals surface area contributed by atoms with E-state index in [1.54, 1.807) is 0 Å². The van der Waals surface area contributed by atoms with Crippen LogP contribution in [0.15, 0.2) is 36.4 Å². The van der Waals surface area contributed by atoms with Gasteiger partial charge in [-0.25, -0.2) is 0 Å². The number of fused-ring (bicyclic) bond motifs is 3. The van der Waals surface area contributed by atoms with Crippen molar-refractivity contribution < 1.29 is 14.3 Å². The molecule has 0 bridgehead atoms. The van der Waals surface area contributed by atoms with Crippen LogP contribution in [0.3, 0.4) is 0 Å². The van der Waals surface area contributed by atoms with Crippen molar-refractivity contribution in [3.63, 3.8) is 0 Å². The van der Waals surface area contributed by atoms with Crippen LogP contribution < -0.4 is 9.47 Å². The van der Waals surface area contributed by atoms with Gasteiger partial charge < -0.3 is 14.4 Å². The molecule has 7 heteroatoms. The molecule has 33 heavy (non-hydrogen) atoms. The fourth-order valence-corrected chi connectivity index (χ4v) is 5.45. The number of carbonyl (C=O) groups excluding carboxylic acids is 1. The first-order valence-electron chi connectivity index (χ1n) is 11.7. The van der Waals surface area contributed by atoms with E-state index in [0.717, 1.165) is 78.4 Å². The molecule has 6 rings (SSSR count). The summed E-state index contributed by atoms with van der Waals surface area (Å²) in [6, 6.07) is 11.9. The third-order valence-corrected chi connectivity index (χ3v) is 7.37. The standard InChI is InChI=1S/C26H26ClN3O3/c27-25-19-3-1-2-4-21(19)28-22-14-18(6-7-20(22)25)26(31)30-11-9-29(10-12-30)15-17-5-8-23-24(13-17)33-16-32-23/h5-8,13-14H,1-4,9-12,15-16H2. The van der Waals surface area contributed by atoms with E-state index in [1.165, 1.54) is 11.1 Å². The molecule has 2 aliphatic heterocycles. The smallest absolute Gasteiger partial charge is 0.254 e. The molecule has 0 radical (unpaired) electrons. The Kier molecular flexibility index (Phi) is 5.35. The lowest BCUT2D eigenvalue weighted by Crippen LogP contribution is -2.48. The van der Waals surface area contributed by atoms with E-state index < -0.39 is 0 Å². The first kappa shape index (κ1) is 20.8. The van der Waals surface area contributed by atoms with E-state index in [0.29, 0.717) is 25.4 Å². The van der Waals surface area contributed by atoms with Crippen LogP contribution >= 0.6 is 11.6 Å². The van der Waals surface area contributed by atoms with Crippen LogP contribution in [0.4, 0.5) is 0 Å². The Morgan fingerprint density at radius 2 is 1.79 bits per heavy atom. The third-order valence-electron chi connectivity index (χ3n) is 6.94. The molecule has 2 aromatic carbocycles. The predicted molar refractivity (Wildman–Crippen MR) is 127 cm³/mol. The van der Waals surface area contributed by atoms with Gasteiger partial charge >= 0.3 is 0 Å². The number of halogens is 1. The fourth-order valence-electron chi connectivity index (χ4n) is 5.09. The van der Waals surface area contributed by atoms with E-state index in [2.05, 4.69) is 11.0 Å². The zero-order chi connectivity index (χ0) is 22.4. The normalized spacial score (nSPS) is 17.9. The van der Waals surface area contributed by atoms with Gasteiger partial charge in [0.05, 0.1) is 10.5 Å². The lowest BCUT2D eigenvalue weighted by atomic mass is 9.94. The molecule has 1 aromatic heterocycles. The molecule has 0 N–H and O–H groups in total. The van der Waals surface area contributed by atoms with Crippen molar-refractivity contribution >= 4 is 28.4 Å². The van der Waals surface area contributed by atoms with E-state index in [9.17, 15) is 4.79 Å². The maximum atomic E-state index is 13.2. The quantitative estimate of drug-likeness (QED) is 0.574. The molecular formula is C26H26ClN3O3. The summed E-state index contributed by atoms with van der Waals surface area (Å²) in [4.78, 5) is 22.4. The first-order chi connectivity index (χ1) is 16.2. The summed E-state index contributed by atoms with van der Waals surface area (Å²) in [5.41, 5.74) is 4.99. The maximum absolute atomic E-state index is 13.2. The van der Waals surface area contributed by atoms with Crippen LogP contribution in [0.5, 0.6) is 11.5 Å². The van der Waals surface area contributed by atoms with E-state index in [1.807, 2.05) is 35.2 Å². The number of aromatic nitrogens is 1. The summed E-state index contributed by atoms with van der Waals surface area (Å²) < 4.78 is 10.9. The topological polar surface area (TPSA) is 54.9 Å². The van der Waals surface area contributed by atoms with Crippen molar-refractivity contribution in [1.29, 1.82) is 0 Å². The van der Waals surface area contributed by atoms with Crippen molar-refractivity contribution in [2.45, 2.75) is 32.2 Å². The van der Waals surface area contributed by atoms with Gasteiger partial charge in [-0.1, -0.05) is 23.7 Å². The number of benzene rings is 2. The van der Waals surface area contributed by atoms with Gasteiger partial charge in [0.2, 0.25) is 6.79 Å². The summed E-state index contributed by atoms with van der Waals surface area (Å²) in [6.07, 6.45) is 4.27. The largest absolute Gasteiger partial charge is 0.454 e. The molecule has 0 unspecified atom stereocenters. The van der Waals surface area contributed by atoms with Crippen LogP contribution in [-0.4, -0.2) is 53.7 Å². The number of rotatable bonds is 3. The van der Waals surface area contributed by atoms with Crippen LogP contribution in [0.25, 0.3) is 10.9 Å². The Bertz CT molecular complexity index is 1240. The second kappa shape index (κ2) is 8.50.